The summed E-state index contributed by atoms with van der Waals surface area (Å²) in [5.74, 6) is 0.749. The maximum Gasteiger partial charge on any atom is 0.211 e. The molecular weight excluding hydrogens is 512 g/mol. The molecule has 190 valence electrons. The van der Waals surface area contributed by atoms with Crippen molar-refractivity contribution in [3.8, 4) is 6.07 Å². The summed E-state index contributed by atoms with van der Waals surface area (Å²) in [5, 5.41) is 27.2. The lowest BCUT2D eigenvalue weighted by Crippen LogP contribution is -2.61. The Balaban J connectivity index is 1.48. The number of halogens is 1. The highest BCUT2D eigenvalue weighted by molar-refractivity contribution is 7.88. The third-order valence-electron chi connectivity index (χ3n) is 6.62. The van der Waals surface area contributed by atoms with Gasteiger partial charge in [0.25, 0.3) is 0 Å². The number of nitrogens with one attached hydrogen (secondary N) is 1. The van der Waals surface area contributed by atoms with Crippen LogP contribution in [0.1, 0.15) is 29.9 Å². The van der Waals surface area contributed by atoms with Gasteiger partial charge in [0, 0.05) is 37.3 Å². The van der Waals surface area contributed by atoms with E-state index in [-0.39, 0.29) is 25.9 Å². The fraction of sp³-hybridized carbons (Fsp3) is 0.320. The highest BCUT2D eigenvalue weighted by atomic mass is 35.5. The van der Waals surface area contributed by atoms with Crippen LogP contribution in [0.2, 0.25) is 5.02 Å². The highest BCUT2D eigenvalue weighted by Gasteiger charge is 2.46. The van der Waals surface area contributed by atoms with Gasteiger partial charge < -0.3 is 9.98 Å². The summed E-state index contributed by atoms with van der Waals surface area (Å²) in [6.45, 7) is 2.73. The van der Waals surface area contributed by atoms with Crippen LogP contribution in [0.5, 0.6) is 0 Å². The van der Waals surface area contributed by atoms with Gasteiger partial charge in [0.05, 0.1) is 41.2 Å². The number of aliphatic imine (C=N–C) groups is 1. The second-order valence-corrected chi connectivity index (χ2v) is 11.8. The molecule has 4 heterocycles. The molecule has 5 rings (SSSR count). The minimum Gasteiger partial charge on any atom is -0.334 e. The molecule has 1 aliphatic rings. The quantitative estimate of drug-likeness (QED) is 0.344. The Kier molecular flexibility index (Phi) is 6.35. The molecule has 3 aromatic heterocycles. The zero-order chi connectivity index (χ0) is 26.4. The summed E-state index contributed by atoms with van der Waals surface area (Å²) >= 11 is 6.23. The molecule has 1 aliphatic heterocycles. The number of nitriles is 1. The molecule has 0 aliphatic carbocycles. The fourth-order valence-electron chi connectivity index (χ4n) is 4.75. The monoisotopic (exact) mass is 536 g/mol. The predicted molar refractivity (Wildman–Crippen MR) is 143 cm³/mol. The van der Waals surface area contributed by atoms with E-state index in [9.17, 15) is 13.7 Å². The first-order chi connectivity index (χ1) is 17.6. The number of aromatic nitrogens is 4. The van der Waals surface area contributed by atoms with E-state index in [0.29, 0.717) is 23.0 Å². The number of hydrogen-bond acceptors (Lipinski definition) is 7. The topological polar surface area (TPSA) is 132 Å². The first-order valence-corrected chi connectivity index (χ1v) is 13.8. The fourth-order valence-corrected chi connectivity index (χ4v) is 5.91. The molecule has 37 heavy (non-hydrogen) atoms. The van der Waals surface area contributed by atoms with Gasteiger partial charge in [-0.25, -0.2) is 8.42 Å². The number of aryl methyl sites for hydroxylation is 1. The minimum absolute atomic E-state index is 0.114. The average Bonchev–Trinajstić information content (AvgIpc) is 3.36. The zero-order valence-electron chi connectivity index (χ0n) is 20.4. The molecule has 1 saturated heterocycles. The largest absolute Gasteiger partial charge is 0.334 e. The van der Waals surface area contributed by atoms with Crippen LogP contribution in [0.25, 0.3) is 16.7 Å². The first kappa shape index (κ1) is 25.1. The average molecular weight is 537 g/mol. The van der Waals surface area contributed by atoms with E-state index < -0.39 is 15.6 Å². The molecule has 0 bridgehead atoms. The molecule has 0 atom stereocenters. The summed E-state index contributed by atoms with van der Waals surface area (Å²) in [6.07, 6.45) is 3.11. The smallest absolute Gasteiger partial charge is 0.211 e. The van der Waals surface area contributed by atoms with Gasteiger partial charge in [0.2, 0.25) is 10.0 Å². The Morgan fingerprint density at radius 3 is 2.73 bits per heavy atom. The van der Waals surface area contributed by atoms with E-state index in [0.717, 1.165) is 34.3 Å². The van der Waals surface area contributed by atoms with Crippen LogP contribution >= 0.6 is 11.6 Å². The second-order valence-electron chi connectivity index (χ2n) is 9.37. The van der Waals surface area contributed by atoms with E-state index in [4.69, 9.17) is 17.0 Å². The molecule has 0 radical (unpaired) electrons. The maximum absolute atomic E-state index is 11.8. The summed E-state index contributed by atoms with van der Waals surface area (Å²) in [5.41, 5.74) is 3.82. The zero-order valence-corrected chi connectivity index (χ0v) is 22.0. The van der Waals surface area contributed by atoms with E-state index in [1.165, 1.54) is 4.31 Å². The van der Waals surface area contributed by atoms with Gasteiger partial charge >= 0.3 is 0 Å². The van der Waals surface area contributed by atoms with Crippen molar-refractivity contribution in [1.29, 1.82) is 10.7 Å². The maximum atomic E-state index is 11.8. The van der Waals surface area contributed by atoms with Crippen molar-refractivity contribution in [3.05, 3.63) is 64.6 Å². The normalized spacial score (nSPS) is 15.8. The summed E-state index contributed by atoms with van der Waals surface area (Å²) in [7, 11) is -3.33. The van der Waals surface area contributed by atoms with Gasteiger partial charge in [-0.05, 0) is 42.8 Å². The van der Waals surface area contributed by atoms with Crippen molar-refractivity contribution >= 4 is 50.2 Å². The van der Waals surface area contributed by atoms with Crippen molar-refractivity contribution in [2.24, 2.45) is 4.99 Å². The van der Waals surface area contributed by atoms with Crippen LogP contribution in [0.3, 0.4) is 0 Å². The Morgan fingerprint density at radius 1 is 1.24 bits per heavy atom. The van der Waals surface area contributed by atoms with Crippen LogP contribution in [0.4, 0.5) is 0 Å². The van der Waals surface area contributed by atoms with Crippen molar-refractivity contribution in [3.63, 3.8) is 0 Å². The number of fused-ring (bicyclic) bond motifs is 3. The molecule has 1 N–H and O–H groups in total. The summed E-state index contributed by atoms with van der Waals surface area (Å²) in [4.78, 5) is 4.57. The molecule has 0 amide bonds. The molecule has 0 saturated carbocycles. The number of rotatable bonds is 8. The molecule has 12 heteroatoms. The van der Waals surface area contributed by atoms with E-state index in [1.807, 2.05) is 53.8 Å². The predicted octanol–water partition coefficient (Wildman–Crippen LogP) is 3.45. The third-order valence-corrected chi connectivity index (χ3v) is 8.05. The lowest BCUT2D eigenvalue weighted by molar-refractivity contribution is 0.166. The number of sulfonamides is 1. The Morgan fingerprint density at radius 2 is 2.03 bits per heavy atom. The third kappa shape index (κ3) is 4.75. The standard InChI is InChI=1S/C25H25ClN8O2S/c1-17-30-31-24-7-6-21-23(34(17)24)13-22(33(21)14-18-4-3-5-19(26)12-18)20(28)8-11-29-25(9-10-27)15-32(16-25)37(2,35)36/h3-7,11-13,28H,8-9,14-16H2,1-2H3. The first-order valence-electron chi connectivity index (χ1n) is 11.6. The van der Waals surface area contributed by atoms with Crippen molar-refractivity contribution < 1.29 is 8.42 Å². The van der Waals surface area contributed by atoms with Gasteiger partial charge in [-0.15, -0.1) is 10.2 Å². The van der Waals surface area contributed by atoms with Gasteiger partial charge in [0.1, 0.15) is 11.4 Å². The molecule has 1 fully saturated rings. The number of benzene rings is 1. The van der Waals surface area contributed by atoms with Crippen LogP contribution in [-0.4, -0.2) is 68.7 Å². The van der Waals surface area contributed by atoms with E-state index >= 15 is 0 Å². The van der Waals surface area contributed by atoms with Crippen LogP contribution in [0, 0.1) is 23.7 Å². The van der Waals surface area contributed by atoms with Crippen molar-refractivity contribution in [2.45, 2.75) is 31.8 Å². The molecule has 10 nitrogen and oxygen atoms in total. The molecule has 0 unspecified atom stereocenters. The molecule has 4 aromatic rings. The summed E-state index contributed by atoms with van der Waals surface area (Å²) < 4.78 is 28.9. The summed E-state index contributed by atoms with van der Waals surface area (Å²) in [6, 6.07) is 15.6. The van der Waals surface area contributed by atoms with Gasteiger partial charge in [-0.2, -0.15) is 9.57 Å². The Labute approximate surface area is 219 Å². The number of nitrogens with zero attached hydrogens (tertiary/aromatic N) is 7. The second kappa shape index (κ2) is 9.37. The number of hydrogen-bond donors (Lipinski definition) is 1. The van der Waals surface area contributed by atoms with Gasteiger partial charge in [-0.3, -0.25) is 9.39 Å². The highest BCUT2D eigenvalue weighted by Crippen LogP contribution is 2.31. The van der Waals surface area contributed by atoms with Gasteiger partial charge in [0.15, 0.2) is 5.65 Å². The minimum atomic E-state index is -3.33. The van der Waals surface area contributed by atoms with Crippen LogP contribution < -0.4 is 0 Å². The van der Waals surface area contributed by atoms with Gasteiger partial charge in [-0.1, -0.05) is 23.7 Å². The SMILES string of the molecule is Cc1nnc2ccc3c(cc(C(=N)CC=NC4(CC#N)CN(S(C)(=O)=O)C4)n3Cc3cccc(Cl)c3)n12. The molecular formula is C25H25ClN8O2S. The van der Waals surface area contributed by atoms with E-state index in [1.54, 1.807) is 6.21 Å². The Hall–Kier alpha value is -3.59. The lowest BCUT2D eigenvalue weighted by atomic mass is 9.90. The molecule has 0 spiro atoms. The van der Waals surface area contributed by atoms with Crippen LogP contribution in [-0.2, 0) is 16.6 Å². The Bertz CT molecular complexity index is 1710. The van der Waals surface area contributed by atoms with Crippen LogP contribution in [0.15, 0.2) is 47.5 Å². The lowest BCUT2D eigenvalue weighted by Gasteiger charge is -2.44. The van der Waals surface area contributed by atoms with E-state index in [2.05, 4.69) is 25.8 Å². The van der Waals surface area contributed by atoms with Crippen molar-refractivity contribution in [1.82, 2.24) is 23.5 Å². The number of pyridine rings is 1. The molecule has 1 aromatic carbocycles. The van der Waals surface area contributed by atoms with Crippen molar-refractivity contribution in [2.75, 3.05) is 19.3 Å².